The van der Waals surface area contributed by atoms with Crippen molar-refractivity contribution in [2.45, 2.75) is 44.8 Å². The van der Waals surface area contributed by atoms with Gasteiger partial charge in [-0.15, -0.1) is 0 Å². The minimum atomic E-state index is -1.12. The van der Waals surface area contributed by atoms with Crippen LogP contribution in [0.1, 0.15) is 31.7 Å². The highest BCUT2D eigenvalue weighted by Crippen LogP contribution is 2.26. The summed E-state index contributed by atoms with van der Waals surface area (Å²) in [5.41, 5.74) is 1.66. The Bertz CT molecular complexity index is 774. The van der Waals surface area contributed by atoms with Gasteiger partial charge >= 0.3 is 12.0 Å². The Kier molecular flexibility index (Phi) is 5.58. The maximum absolute atomic E-state index is 11.9. The summed E-state index contributed by atoms with van der Waals surface area (Å²) in [6.07, 6.45) is 1.68. The van der Waals surface area contributed by atoms with Crippen LogP contribution in [0.5, 0.6) is 5.75 Å². The number of hydrogen-bond acceptors (Lipinski definition) is 6. The van der Waals surface area contributed by atoms with Gasteiger partial charge in [-0.3, -0.25) is 14.9 Å². The summed E-state index contributed by atoms with van der Waals surface area (Å²) in [5.74, 6) is -1.00. The lowest BCUT2D eigenvalue weighted by Crippen LogP contribution is -2.45. The molecule has 9 heteroatoms. The van der Waals surface area contributed by atoms with Crippen LogP contribution in [0.4, 0.5) is 10.5 Å². The largest absolute Gasteiger partial charge is 0.482 e. The molecule has 1 heterocycles. The number of aryl methyl sites for hydroxylation is 1. The Morgan fingerprint density at radius 2 is 2.04 bits per heavy atom. The quantitative estimate of drug-likeness (QED) is 0.634. The first-order valence-electron chi connectivity index (χ1n) is 8.77. The number of carbonyl (C=O) groups is 4. The first-order chi connectivity index (χ1) is 12.9. The van der Waals surface area contributed by atoms with E-state index in [1.807, 2.05) is 0 Å². The van der Waals surface area contributed by atoms with Crippen molar-refractivity contribution >= 4 is 29.5 Å². The molecule has 0 aromatic heterocycles. The monoisotopic (exact) mass is 375 g/mol. The molecule has 0 saturated heterocycles. The second-order valence-corrected chi connectivity index (χ2v) is 6.52. The van der Waals surface area contributed by atoms with Gasteiger partial charge in [-0.2, -0.15) is 0 Å². The minimum Gasteiger partial charge on any atom is -0.482 e. The van der Waals surface area contributed by atoms with Gasteiger partial charge in [-0.05, 0) is 49.9 Å². The van der Waals surface area contributed by atoms with Gasteiger partial charge < -0.3 is 20.1 Å². The van der Waals surface area contributed by atoms with Crippen molar-refractivity contribution in [1.82, 2.24) is 10.6 Å². The SMILES string of the molecule is CC(OC(=O)COc1ccc2c(c1)CCC(=O)N2)C(=O)NC(=O)NC1CC1. The summed E-state index contributed by atoms with van der Waals surface area (Å²) in [4.78, 5) is 46.5. The molecule has 1 aromatic rings. The normalized spacial score (nSPS) is 16.4. The molecule has 2 aliphatic rings. The maximum Gasteiger partial charge on any atom is 0.344 e. The van der Waals surface area contributed by atoms with Gasteiger partial charge in [0.2, 0.25) is 5.91 Å². The Hall–Kier alpha value is -3.10. The average Bonchev–Trinajstić information content (AvgIpc) is 3.43. The number of ether oxygens (including phenoxy) is 2. The van der Waals surface area contributed by atoms with E-state index < -0.39 is 24.0 Å². The zero-order chi connectivity index (χ0) is 19.4. The average molecular weight is 375 g/mol. The lowest BCUT2D eigenvalue weighted by Gasteiger charge is -2.18. The highest BCUT2D eigenvalue weighted by atomic mass is 16.6. The van der Waals surface area contributed by atoms with E-state index in [-0.39, 0.29) is 18.6 Å². The number of benzene rings is 1. The zero-order valence-corrected chi connectivity index (χ0v) is 14.9. The predicted octanol–water partition coefficient (Wildman–Crippen LogP) is 0.870. The third kappa shape index (κ3) is 5.44. The summed E-state index contributed by atoms with van der Waals surface area (Å²) in [5, 5.41) is 7.49. The molecule has 1 unspecified atom stereocenters. The number of urea groups is 1. The summed E-state index contributed by atoms with van der Waals surface area (Å²) in [6.45, 7) is 0.996. The van der Waals surface area contributed by atoms with E-state index in [9.17, 15) is 19.2 Å². The second-order valence-electron chi connectivity index (χ2n) is 6.52. The van der Waals surface area contributed by atoms with Crippen LogP contribution in [0.25, 0.3) is 0 Å². The predicted molar refractivity (Wildman–Crippen MR) is 94.1 cm³/mol. The number of imide groups is 1. The van der Waals surface area contributed by atoms with Crippen molar-refractivity contribution in [2.75, 3.05) is 11.9 Å². The molecule has 1 aliphatic heterocycles. The molecule has 3 rings (SSSR count). The number of anilines is 1. The fourth-order valence-corrected chi connectivity index (χ4v) is 2.54. The number of rotatable bonds is 6. The van der Waals surface area contributed by atoms with Crippen molar-refractivity contribution in [3.05, 3.63) is 23.8 Å². The van der Waals surface area contributed by atoms with Crippen molar-refractivity contribution in [3.63, 3.8) is 0 Å². The van der Waals surface area contributed by atoms with Crippen LogP contribution in [0.3, 0.4) is 0 Å². The van der Waals surface area contributed by atoms with Gasteiger partial charge in [-0.25, -0.2) is 9.59 Å². The second kappa shape index (κ2) is 8.07. The summed E-state index contributed by atoms with van der Waals surface area (Å²) >= 11 is 0. The van der Waals surface area contributed by atoms with Gasteiger partial charge in [0.1, 0.15) is 5.75 Å². The molecule has 0 spiro atoms. The molecule has 1 aromatic carbocycles. The molecule has 1 fully saturated rings. The van der Waals surface area contributed by atoms with E-state index in [2.05, 4.69) is 16.0 Å². The van der Waals surface area contributed by atoms with E-state index in [0.29, 0.717) is 18.6 Å². The third-order valence-corrected chi connectivity index (χ3v) is 4.16. The van der Waals surface area contributed by atoms with Crippen molar-refractivity contribution < 1.29 is 28.7 Å². The minimum absolute atomic E-state index is 0.0298. The van der Waals surface area contributed by atoms with Gasteiger partial charge in [0.05, 0.1) is 0 Å². The molecule has 1 aliphatic carbocycles. The van der Waals surface area contributed by atoms with E-state index in [1.165, 1.54) is 6.92 Å². The molecule has 1 atom stereocenters. The number of fused-ring (bicyclic) bond motifs is 1. The van der Waals surface area contributed by atoms with Crippen LogP contribution < -0.4 is 20.7 Å². The molecule has 27 heavy (non-hydrogen) atoms. The van der Waals surface area contributed by atoms with Gasteiger partial charge in [0, 0.05) is 18.2 Å². The fraction of sp³-hybridized carbons (Fsp3) is 0.444. The molecular weight excluding hydrogens is 354 g/mol. The van der Waals surface area contributed by atoms with Crippen LogP contribution in [0.15, 0.2) is 18.2 Å². The Morgan fingerprint density at radius 1 is 1.26 bits per heavy atom. The Labute approximate surface area is 155 Å². The standard InChI is InChI=1S/C18H21N3O6/c1-10(17(24)21-18(25)19-12-3-4-12)27-16(23)9-26-13-5-6-14-11(8-13)2-7-15(22)20-14/h5-6,8,10,12H,2-4,7,9H2,1H3,(H,20,22)(H2,19,21,24,25). The first kappa shape index (κ1) is 18.7. The maximum atomic E-state index is 11.9. The molecule has 4 amide bonds. The Morgan fingerprint density at radius 3 is 2.78 bits per heavy atom. The number of esters is 1. The van der Waals surface area contributed by atoms with Crippen molar-refractivity contribution in [3.8, 4) is 5.75 Å². The molecule has 144 valence electrons. The van der Waals surface area contributed by atoms with Gasteiger partial charge in [-0.1, -0.05) is 0 Å². The fourth-order valence-electron chi connectivity index (χ4n) is 2.54. The van der Waals surface area contributed by atoms with E-state index in [4.69, 9.17) is 9.47 Å². The lowest BCUT2D eigenvalue weighted by molar-refractivity contribution is -0.156. The zero-order valence-electron chi connectivity index (χ0n) is 14.9. The van der Waals surface area contributed by atoms with Gasteiger partial charge in [0.15, 0.2) is 12.7 Å². The van der Waals surface area contributed by atoms with Crippen LogP contribution in [0.2, 0.25) is 0 Å². The molecule has 0 bridgehead atoms. The number of amides is 4. The van der Waals surface area contributed by atoms with Crippen LogP contribution >= 0.6 is 0 Å². The third-order valence-electron chi connectivity index (χ3n) is 4.16. The van der Waals surface area contributed by atoms with Crippen LogP contribution in [-0.4, -0.2) is 42.6 Å². The number of carbonyl (C=O) groups excluding carboxylic acids is 4. The molecule has 1 saturated carbocycles. The Balaban J connectivity index is 1.42. The highest BCUT2D eigenvalue weighted by Gasteiger charge is 2.26. The molecule has 3 N–H and O–H groups in total. The van der Waals surface area contributed by atoms with Crippen LogP contribution in [-0.2, 0) is 25.5 Å². The highest BCUT2D eigenvalue weighted by molar-refractivity contribution is 5.97. The van der Waals surface area contributed by atoms with Gasteiger partial charge in [0.25, 0.3) is 5.91 Å². The van der Waals surface area contributed by atoms with E-state index in [0.717, 1.165) is 24.1 Å². The number of hydrogen-bond donors (Lipinski definition) is 3. The molecule has 0 radical (unpaired) electrons. The molecule has 9 nitrogen and oxygen atoms in total. The summed E-state index contributed by atoms with van der Waals surface area (Å²) < 4.78 is 10.4. The molecular formula is C18H21N3O6. The first-order valence-corrected chi connectivity index (χ1v) is 8.77. The number of nitrogens with one attached hydrogen (secondary N) is 3. The van der Waals surface area contributed by atoms with E-state index >= 15 is 0 Å². The topological polar surface area (TPSA) is 123 Å². The smallest absolute Gasteiger partial charge is 0.344 e. The van der Waals surface area contributed by atoms with Crippen molar-refractivity contribution in [2.24, 2.45) is 0 Å². The van der Waals surface area contributed by atoms with Crippen molar-refractivity contribution in [1.29, 1.82) is 0 Å². The summed E-state index contributed by atoms with van der Waals surface area (Å²) in [6, 6.07) is 4.62. The van der Waals surface area contributed by atoms with E-state index in [1.54, 1.807) is 18.2 Å². The summed E-state index contributed by atoms with van der Waals surface area (Å²) in [7, 11) is 0. The van der Waals surface area contributed by atoms with Crippen LogP contribution in [0, 0.1) is 0 Å². The lowest BCUT2D eigenvalue weighted by atomic mass is 10.0.